The van der Waals surface area contributed by atoms with Gasteiger partial charge in [-0.05, 0) is 264 Å². The first-order chi connectivity index (χ1) is 69.2. The second-order valence-electron chi connectivity index (χ2n) is 36.8. The number of nitrogens with one attached hydrogen (secondary N) is 3. The number of aromatic carboxylic acids is 1. The summed E-state index contributed by atoms with van der Waals surface area (Å²) in [7, 11) is 20.5. The van der Waals surface area contributed by atoms with Crippen molar-refractivity contribution in [1.29, 1.82) is 0 Å². The number of carboxylic acid groups (broad SMARTS) is 1. The van der Waals surface area contributed by atoms with E-state index in [-0.39, 0.29) is 47.9 Å². The quantitative estimate of drug-likeness (QED) is 0.0354. The average Bonchev–Trinajstić information content (AvgIpc) is 1.38. The van der Waals surface area contributed by atoms with Gasteiger partial charge in [0.2, 0.25) is 15.9 Å². The number of carbonyl (C=O) groups excluding carboxylic acids is 4. The average molecular weight is 2040 g/mol. The van der Waals surface area contributed by atoms with Crippen molar-refractivity contribution >= 4 is 40.0 Å². The number of methoxy groups -OCH3 is 11. The number of carboxylic acids is 1. The zero-order valence-electron chi connectivity index (χ0n) is 88.4. The van der Waals surface area contributed by atoms with Crippen LogP contribution < -0.4 is 63.3 Å². The Kier molecular flexibility index (Phi) is 57.7. The molecule has 2 aromatic heterocycles. The SMILES string of the molecule is COC(=O)N1CC[C@H](OC)C1.COC1CCCN(S(C)(=O)=O)C1.COC1CCCNC1.CO[C@H]1CCN(C(=O)OC(C)(C)C)C1.CO[C@H]1CCNC1.COc1cc(OCc2ccncc2)cc(C(=O)N(C)C)c1.COc1cc(OCc2ccncc2)cc(C(=O)O)c1.COc1cccc(OCC2CCN(C(C)=O)CC2)c1.COc1cccc(OCC2CCN(C)CC2)c1.COc1cccc(OCC2CCNCC2)c1. The normalized spacial score (nSPS) is 18.4. The van der Waals surface area contributed by atoms with Gasteiger partial charge in [-0.2, -0.15) is 4.31 Å². The van der Waals surface area contributed by atoms with Crippen LogP contribution in [0.5, 0.6) is 57.5 Å². The molecule has 8 saturated heterocycles. The molecule has 4 N–H and O–H groups in total. The molecule has 144 heavy (non-hydrogen) atoms. The summed E-state index contributed by atoms with van der Waals surface area (Å²) in [5.74, 6) is 8.21. The van der Waals surface area contributed by atoms with Gasteiger partial charge in [0.15, 0.2) is 0 Å². The van der Waals surface area contributed by atoms with Crippen LogP contribution in [0.3, 0.4) is 0 Å². The van der Waals surface area contributed by atoms with Crippen molar-refractivity contribution in [2.45, 2.75) is 161 Å². The molecule has 802 valence electrons. The van der Waals surface area contributed by atoms with Crippen molar-refractivity contribution < 1.29 is 118 Å². The van der Waals surface area contributed by atoms with Gasteiger partial charge in [0, 0.05) is 170 Å². The van der Waals surface area contributed by atoms with Crippen molar-refractivity contribution in [3.05, 3.63) is 181 Å². The van der Waals surface area contributed by atoms with E-state index in [0.717, 1.165) is 156 Å². The van der Waals surface area contributed by atoms with Crippen LogP contribution in [0, 0.1) is 17.8 Å². The Hall–Kier alpha value is -11.1. The Morgan fingerprint density at radius 3 is 1.16 bits per heavy atom. The van der Waals surface area contributed by atoms with Gasteiger partial charge in [0.1, 0.15) is 76.3 Å². The van der Waals surface area contributed by atoms with Crippen molar-refractivity contribution in [3.8, 4) is 57.5 Å². The zero-order valence-corrected chi connectivity index (χ0v) is 89.2. The third-order valence-corrected chi connectivity index (χ3v) is 25.8. The number of likely N-dealkylation sites (tertiary alicyclic amines) is 4. The lowest BCUT2D eigenvalue weighted by Crippen LogP contribution is -2.42. The van der Waals surface area contributed by atoms with E-state index in [4.69, 9.17) is 80.9 Å². The van der Waals surface area contributed by atoms with Gasteiger partial charge in [0.05, 0.1) is 118 Å². The van der Waals surface area contributed by atoms with E-state index in [1.807, 2.05) is 123 Å². The van der Waals surface area contributed by atoms with Crippen LogP contribution in [0.25, 0.3) is 0 Å². The summed E-state index contributed by atoms with van der Waals surface area (Å²) >= 11 is 0. The number of pyridine rings is 2. The number of piperidine rings is 5. The minimum atomic E-state index is -3.02. The first-order valence-corrected chi connectivity index (χ1v) is 51.2. The molecule has 10 heterocycles. The Morgan fingerprint density at radius 2 is 0.785 bits per heavy atom. The summed E-state index contributed by atoms with van der Waals surface area (Å²) in [4.78, 5) is 73.8. The summed E-state index contributed by atoms with van der Waals surface area (Å²) in [5, 5.41) is 18.8. The molecule has 0 radical (unpaired) electrons. The monoisotopic (exact) mass is 2030 g/mol. The number of hydrogen-bond acceptors (Lipinski definition) is 30. The summed E-state index contributed by atoms with van der Waals surface area (Å²) < 4.78 is 114. The van der Waals surface area contributed by atoms with Crippen LogP contribution in [0.4, 0.5) is 9.59 Å². The molecule has 0 spiro atoms. The van der Waals surface area contributed by atoms with Crippen LogP contribution in [0.1, 0.15) is 143 Å². The smallest absolute Gasteiger partial charge is 0.410 e. The molecule has 5 aromatic carbocycles. The number of hydrogen-bond donors (Lipinski definition) is 4. The molecule has 2 unspecified atom stereocenters. The molecule has 8 aliphatic heterocycles. The maximum Gasteiger partial charge on any atom is 0.410 e. The molecule has 8 fully saturated rings. The highest BCUT2D eigenvalue weighted by Crippen LogP contribution is 2.30. The van der Waals surface area contributed by atoms with E-state index < -0.39 is 21.6 Å². The largest absolute Gasteiger partial charge is 0.497 e. The molecule has 4 amide bonds. The summed E-state index contributed by atoms with van der Waals surface area (Å²) in [5.41, 5.74) is 2.21. The number of ether oxygens (including phenoxy) is 17. The predicted octanol–water partition coefficient (Wildman–Crippen LogP) is 14.1. The molecule has 37 heteroatoms. The third-order valence-electron chi connectivity index (χ3n) is 24.5. The first kappa shape index (κ1) is 122. The topological polar surface area (TPSA) is 378 Å². The highest BCUT2D eigenvalue weighted by molar-refractivity contribution is 7.88. The molecule has 36 nitrogen and oxygen atoms in total. The molecule has 0 bridgehead atoms. The number of rotatable bonds is 28. The summed E-state index contributed by atoms with van der Waals surface area (Å²) in [6.45, 7) is 24.9. The molecule has 5 atom stereocenters. The van der Waals surface area contributed by atoms with Crippen LogP contribution in [0.2, 0.25) is 0 Å². The standard InChI is InChI=1S/C16H18N2O3.C15H21NO3.C14H13NO4.C14H21NO2.C13H19NO2.C10H19NO3.C7H15NO3S.C7H13NO3.C6H13NO.C5H11NO/c1-18(2)16(19)13-8-14(20-3)10-15(9-13)21-11-12-4-6-17-7-5-12;1-12(17)16-8-6-13(7-9-16)11-19-15-5-3-4-14(10-15)18-2;1-18-12-6-11(14(16)17)7-13(8-12)19-9-10-2-4-15-5-3-10;1-15-8-6-12(7-9-15)11-17-14-5-3-4-13(10-14)16-2;1-15-12-3-2-4-13(9-12)16-10-11-5-7-14-8-6-11;1-10(2,3)14-9(12)11-6-5-8(7-11)13-4;1-11-7-4-3-5-8(6-7)12(2,9)10;1-10-6-3-4-8(5-6)7(9)11-2;1-8-6-3-2-4-7-5-6;1-7-5-2-3-6-4-5/h4-10H,11H2,1-3H3;3-5,10,13H,6-9,11H2,1-2H3;2-8H,9H2,1H3,(H,16,17);3-5,10,12H,6-9,11H2,1-2H3;2-4,9,11,14H,5-8,10H2,1H3;8H,5-7H2,1-4H3;7H,3-6H2,1-2H3;6H,3-5H2,1-2H3;6-7H,2-5H2,1H3;5-6H,2-4H2,1H3/t;;;;;8-;;6-;;5-/m.....0.0.0/s1. The van der Waals surface area contributed by atoms with Gasteiger partial charge in [-0.3, -0.25) is 19.6 Å². The van der Waals surface area contributed by atoms with E-state index in [0.29, 0.717) is 105 Å². The molecule has 0 saturated carbocycles. The second kappa shape index (κ2) is 68.3. The van der Waals surface area contributed by atoms with Crippen molar-refractivity contribution in [1.82, 2.24) is 54.7 Å². The number of amides is 4. The van der Waals surface area contributed by atoms with E-state index >= 15 is 0 Å². The predicted molar refractivity (Wildman–Crippen MR) is 555 cm³/mol. The maximum absolute atomic E-state index is 12.0. The minimum Gasteiger partial charge on any atom is -0.497 e. The van der Waals surface area contributed by atoms with Gasteiger partial charge in [0.25, 0.3) is 5.91 Å². The Morgan fingerprint density at radius 1 is 0.410 bits per heavy atom. The zero-order chi connectivity index (χ0) is 105. The Labute approximate surface area is 854 Å². The van der Waals surface area contributed by atoms with E-state index in [1.165, 1.54) is 106 Å². The van der Waals surface area contributed by atoms with Gasteiger partial charge in [-0.1, -0.05) is 18.2 Å². The highest BCUT2D eigenvalue weighted by Gasteiger charge is 2.32. The van der Waals surface area contributed by atoms with E-state index in [1.54, 1.807) is 144 Å². The number of carbonyl (C=O) groups is 5. The van der Waals surface area contributed by atoms with Gasteiger partial charge < -0.3 is 126 Å². The van der Waals surface area contributed by atoms with Crippen LogP contribution >= 0.6 is 0 Å². The minimum absolute atomic E-state index is 0.0773. The number of sulfonamides is 1. The van der Waals surface area contributed by atoms with E-state index in [2.05, 4.69) is 42.6 Å². The fraction of sp³-hybridized carbons (Fsp3) is 0.579. The Bertz CT molecular complexity index is 4850. The van der Waals surface area contributed by atoms with Crippen LogP contribution in [-0.2, 0) is 61.2 Å². The van der Waals surface area contributed by atoms with Crippen molar-refractivity contribution in [2.24, 2.45) is 17.8 Å². The lowest BCUT2D eigenvalue weighted by molar-refractivity contribution is -0.130. The molecule has 7 aromatic rings. The highest BCUT2D eigenvalue weighted by atomic mass is 32.2. The lowest BCUT2D eigenvalue weighted by atomic mass is 9.98. The number of benzene rings is 5. The molecule has 15 rings (SSSR count). The molecule has 8 aliphatic rings. The van der Waals surface area contributed by atoms with Crippen molar-refractivity contribution in [2.75, 3.05) is 230 Å². The fourth-order valence-corrected chi connectivity index (χ4v) is 16.5. The van der Waals surface area contributed by atoms with Gasteiger partial charge >= 0.3 is 18.2 Å². The lowest BCUT2D eigenvalue weighted by Gasteiger charge is -2.31. The van der Waals surface area contributed by atoms with Crippen LogP contribution in [0.15, 0.2) is 158 Å². The maximum atomic E-state index is 12.0. The summed E-state index contributed by atoms with van der Waals surface area (Å²) in [6.07, 6.45) is 23.2. The Balaban J connectivity index is 0.000000248. The summed E-state index contributed by atoms with van der Waals surface area (Å²) in [6, 6.07) is 40.4. The van der Waals surface area contributed by atoms with Gasteiger partial charge in [-0.15, -0.1) is 0 Å². The first-order valence-electron chi connectivity index (χ1n) is 49.4. The molecular formula is C107H163N11O25S. The van der Waals surface area contributed by atoms with E-state index in [9.17, 15) is 32.4 Å². The fourth-order valence-electron chi connectivity index (χ4n) is 15.6. The van der Waals surface area contributed by atoms with Gasteiger partial charge in [-0.25, -0.2) is 22.8 Å². The third kappa shape index (κ3) is 49.2. The molecule has 0 aliphatic carbocycles. The second-order valence-corrected chi connectivity index (χ2v) is 38.7. The van der Waals surface area contributed by atoms with Crippen LogP contribution in [-0.4, -0.2) is 349 Å². The number of nitrogens with zero attached hydrogens (tertiary/aromatic N) is 8. The molecular weight excluding hydrogens is 1870 g/mol. The van der Waals surface area contributed by atoms with Crippen molar-refractivity contribution in [3.63, 3.8) is 0 Å². The number of aromatic nitrogens is 2.